The molecule has 2 aromatic rings. The van der Waals surface area contributed by atoms with Crippen LogP contribution in [0.4, 0.5) is 0 Å². The molecule has 0 radical (unpaired) electrons. The molecule has 0 aliphatic heterocycles. The number of rotatable bonds is 5. The maximum atomic E-state index is 12.7. The average molecular weight is 329 g/mol. The van der Waals surface area contributed by atoms with Gasteiger partial charge in [0.2, 0.25) is 0 Å². The SMILES string of the molecule is COc1ccc(C(O)CN(C)C(=O)c2n[nH]c3c2CCCC3)cc1. The lowest BCUT2D eigenvalue weighted by Crippen LogP contribution is -2.32. The first kappa shape index (κ1) is 16.5. The number of aromatic nitrogens is 2. The van der Waals surface area contributed by atoms with Gasteiger partial charge in [0.25, 0.3) is 5.91 Å². The zero-order valence-electron chi connectivity index (χ0n) is 14.1. The summed E-state index contributed by atoms with van der Waals surface area (Å²) in [6.45, 7) is 0.215. The van der Waals surface area contributed by atoms with Gasteiger partial charge >= 0.3 is 0 Å². The molecule has 2 N–H and O–H groups in total. The molecule has 3 rings (SSSR count). The van der Waals surface area contributed by atoms with E-state index >= 15 is 0 Å². The van der Waals surface area contributed by atoms with Crippen LogP contribution in [0.25, 0.3) is 0 Å². The zero-order valence-corrected chi connectivity index (χ0v) is 14.1. The number of hydrogen-bond acceptors (Lipinski definition) is 4. The molecule has 1 amide bonds. The molecule has 1 heterocycles. The lowest BCUT2D eigenvalue weighted by Gasteiger charge is -2.21. The van der Waals surface area contributed by atoms with E-state index in [2.05, 4.69) is 10.2 Å². The van der Waals surface area contributed by atoms with Crippen LogP contribution in [0, 0.1) is 0 Å². The van der Waals surface area contributed by atoms with Crippen LogP contribution >= 0.6 is 0 Å². The first-order valence-electron chi connectivity index (χ1n) is 8.23. The monoisotopic (exact) mass is 329 g/mol. The number of ether oxygens (including phenoxy) is 1. The Morgan fingerprint density at radius 2 is 2.04 bits per heavy atom. The van der Waals surface area contributed by atoms with E-state index in [0.29, 0.717) is 5.69 Å². The summed E-state index contributed by atoms with van der Waals surface area (Å²) in [5.41, 5.74) is 3.36. The Kier molecular flexibility index (Phi) is 4.85. The van der Waals surface area contributed by atoms with Crippen LogP contribution in [0.2, 0.25) is 0 Å². The van der Waals surface area contributed by atoms with Crippen LogP contribution in [0.1, 0.15) is 46.3 Å². The third-order valence-corrected chi connectivity index (χ3v) is 4.55. The Hall–Kier alpha value is -2.34. The van der Waals surface area contributed by atoms with Gasteiger partial charge in [0.05, 0.1) is 19.8 Å². The normalized spacial score (nSPS) is 14.8. The quantitative estimate of drug-likeness (QED) is 0.880. The van der Waals surface area contributed by atoms with E-state index in [0.717, 1.165) is 48.3 Å². The van der Waals surface area contributed by atoms with Crippen molar-refractivity contribution in [1.29, 1.82) is 0 Å². The van der Waals surface area contributed by atoms with Crippen LogP contribution in [0.3, 0.4) is 0 Å². The Bertz CT molecular complexity index is 709. The molecular weight excluding hydrogens is 306 g/mol. The maximum absolute atomic E-state index is 12.7. The predicted molar refractivity (Wildman–Crippen MR) is 90.1 cm³/mol. The summed E-state index contributed by atoms with van der Waals surface area (Å²) in [5, 5.41) is 17.6. The van der Waals surface area contributed by atoms with E-state index in [1.54, 1.807) is 38.4 Å². The summed E-state index contributed by atoms with van der Waals surface area (Å²) in [6, 6.07) is 7.20. The number of methoxy groups -OCH3 is 1. The lowest BCUT2D eigenvalue weighted by atomic mass is 9.95. The number of aromatic amines is 1. The maximum Gasteiger partial charge on any atom is 0.274 e. The molecule has 0 fully saturated rings. The van der Waals surface area contributed by atoms with Crippen molar-refractivity contribution in [2.45, 2.75) is 31.8 Å². The molecular formula is C18H23N3O3. The molecule has 24 heavy (non-hydrogen) atoms. The van der Waals surface area contributed by atoms with Crippen molar-refractivity contribution < 1.29 is 14.6 Å². The summed E-state index contributed by atoms with van der Waals surface area (Å²) in [5.74, 6) is 0.584. The second kappa shape index (κ2) is 7.05. The van der Waals surface area contributed by atoms with Crippen LogP contribution in [0.5, 0.6) is 5.75 Å². The van der Waals surface area contributed by atoms with Crippen molar-refractivity contribution in [2.24, 2.45) is 0 Å². The molecule has 1 aliphatic carbocycles. The molecule has 1 aromatic heterocycles. The number of carbonyl (C=O) groups excluding carboxylic acids is 1. The second-order valence-corrected chi connectivity index (χ2v) is 6.21. The smallest absolute Gasteiger partial charge is 0.274 e. The Morgan fingerprint density at radius 3 is 2.75 bits per heavy atom. The van der Waals surface area contributed by atoms with Crippen LogP contribution < -0.4 is 4.74 Å². The molecule has 1 aromatic carbocycles. The van der Waals surface area contributed by atoms with Gasteiger partial charge in [-0.05, 0) is 43.4 Å². The van der Waals surface area contributed by atoms with E-state index < -0.39 is 6.10 Å². The van der Waals surface area contributed by atoms with Gasteiger partial charge in [-0.2, -0.15) is 5.10 Å². The van der Waals surface area contributed by atoms with Gasteiger partial charge in [-0.1, -0.05) is 12.1 Å². The van der Waals surface area contributed by atoms with Crippen molar-refractivity contribution in [2.75, 3.05) is 20.7 Å². The number of aryl methyl sites for hydroxylation is 1. The van der Waals surface area contributed by atoms with E-state index in [1.165, 1.54) is 4.90 Å². The highest BCUT2D eigenvalue weighted by molar-refractivity contribution is 5.94. The zero-order chi connectivity index (χ0) is 17.1. The number of benzene rings is 1. The number of nitrogens with zero attached hydrogens (tertiary/aromatic N) is 2. The Balaban J connectivity index is 1.68. The van der Waals surface area contributed by atoms with Crippen molar-refractivity contribution >= 4 is 5.91 Å². The topological polar surface area (TPSA) is 78.5 Å². The number of aliphatic hydroxyl groups excluding tert-OH is 1. The van der Waals surface area contributed by atoms with Gasteiger partial charge in [0.15, 0.2) is 5.69 Å². The minimum absolute atomic E-state index is 0.151. The fraction of sp³-hybridized carbons (Fsp3) is 0.444. The molecule has 6 nitrogen and oxygen atoms in total. The molecule has 1 aliphatic rings. The molecule has 6 heteroatoms. The summed E-state index contributed by atoms with van der Waals surface area (Å²) in [4.78, 5) is 14.2. The van der Waals surface area contributed by atoms with Gasteiger partial charge in [-0.25, -0.2) is 0 Å². The van der Waals surface area contributed by atoms with Crippen LogP contribution in [-0.2, 0) is 12.8 Å². The standard InChI is InChI=1S/C18H23N3O3/c1-21(11-16(22)12-7-9-13(24-2)10-8-12)18(23)17-14-5-3-4-6-15(14)19-20-17/h7-10,16,22H,3-6,11H2,1-2H3,(H,19,20). The highest BCUT2D eigenvalue weighted by Gasteiger charge is 2.25. The molecule has 0 saturated heterocycles. The van der Waals surface area contributed by atoms with Crippen LogP contribution in [-0.4, -0.2) is 46.8 Å². The number of likely N-dealkylation sites (N-methyl/N-ethyl adjacent to an activating group) is 1. The van der Waals surface area contributed by atoms with Crippen molar-refractivity contribution in [1.82, 2.24) is 15.1 Å². The number of aliphatic hydroxyl groups is 1. The van der Waals surface area contributed by atoms with E-state index in [4.69, 9.17) is 4.74 Å². The summed E-state index contributed by atoms with van der Waals surface area (Å²) in [6.07, 6.45) is 3.31. The fourth-order valence-electron chi connectivity index (χ4n) is 3.11. The van der Waals surface area contributed by atoms with Gasteiger partial charge < -0.3 is 14.7 Å². The first-order valence-corrected chi connectivity index (χ1v) is 8.23. The van der Waals surface area contributed by atoms with Crippen molar-refractivity contribution in [3.8, 4) is 5.75 Å². The first-order chi connectivity index (χ1) is 11.6. The Morgan fingerprint density at radius 1 is 1.33 bits per heavy atom. The number of nitrogens with one attached hydrogen (secondary N) is 1. The van der Waals surface area contributed by atoms with Crippen molar-refractivity contribution in [3.05, 3.63) is 46.8 Å². The molecule has 0 bridgehead atoms. The fourth-order valence-corrected chi connectivity index (χ4v) is 3.11. The summed E-state index contributed by atoms with van der Waals surface area (Å²) >= 11 is 0. The summed E-state index contributed by atoms with van der Waals surface area (Å²) in [7, 11) is 3.29. The largest absolute Gasteiger partial charge is 0.497 e. The minimum atomic E-state index is -0.750. The number of carbonyl (C=O) groups is 1. The van der Waals surface area contributed by atoms with Gasteiger partial charge in [-0.15, -0.1) is 0 Å². The highest BCUT2D eigenvalue weighted by atomic mass is 16.5. The van der Waals surface area contributed by atoms with Gasteiger partial charge in [-0.3, -0.25) is 9.89 Å². The Labute approximate surface area is 141 Å². The molecule has 0 spiro atoms. The minimum Gasteiger partial charge on any atom is -0.497 e. The molecule has 128 valence electrons. The van der Waals surface area contributed by atoms with E-state index in [1.807, 2.05) is 0 Å². The number of amides is 1. The highest BCUT2D eigenvalue weighted by Crippen LogP contribution is 2.24. The third-order valence-electron chi connectivity index (χ3n) is 4.55. The predicted octanol–water partition coefficient (Wildman–Crippen LogP) is 2.10. The van der Waals surface area contributed by atoms with Crippen LogP contribution in [0.15, 0.2) is 24.3 Å². The van der Waals surface area contributed by atoms with Gasteiger partial charge in [0, 0.05) is 18.3 Å². The van der Waals surface area contributed by atoms with E-state index in [-0.39, 0.29) is 12.5 Å². The number of fused-ring (bicyclic) bond motifs is 1. The van der Waals surface area contributed by atoms with Gasteiger partial charge in [0.1, 0.15) is 5.75 Å². The number of H-pyrrole nitrogens is 1. The van der Waals surface area contributed by atoms with E-state index in [9.17, 15) is 9.90 Å². The lowest BCUT2D eigenvalue weighted by molar-refractivity contribution is 0.0674. The number of hydrogen-bond donors (Lipinski definition) is 2. The molecule has 0 saturated carbocycles. The molecule has 1 atom stereocenters. The summed E-state index contributed by atoms with van der Waals surface area (Å²) < 4.78 is 5.11. The second-order valence-electron chi connectivity index (χ2n) is 6.21. The molecule has 1 unspecified atom stereocenters. The van der Waals surface area contributed by atoms with Crippen molar-refractivity contribution in [3.63, 3.8) is 0 Å². The third kappa shape index (κ3) is 3.28. The average Bonchev–Trinajstić information content (AvgIpc) is 3.05.